The molecule has 0 saturated heterocycles. The third-order valence-electron chi connectivity index (χ3n) is 1.76. The molecule has 0 spiro atoms. The maximum atomic E-state index is 11.6. The van der Waals surface area contributed by atoms with E-state index in [-0.39, 0.29) is 15.6 Å². The molecule has 1 aromatic rings. The first-order valence-corrected chi connectivity index (χ1v) is 6.05. The first kappa shape index (κ1) is 13.4. The molecule has 17 heavy (non-hydrogen) atoms. The normalized spacial score (nSPS) is 10.8. The Hall–Kier alpha value is -1.69. The van der Waals surface area contributed by atoms with Gasteiger partial charge in [0.2, 0.25) is 10.0 Å². The van der Waals surface area contributed by atoms with Crippen LogP contribution in [0, 0.1) is 21.4 Å². The lowest BCUT2D eigenvalue weighted by Gasteiger charge is -2.05. The standard InChI is InChI=1S/C8H6ClN3O4S/c9-7-5-6(12(13)14)1-2-8(7)17(15,16)11-4-3-10/h1-2,5,11H,4H2. The fourth-order valence-electron chi connectivity index (χ4n) is 1.03. The highest BCUT2D eigenvalue weighted by Crippen LogP contribution is 2.25. The second-order valence-corrected chi connectivity index (χ2v) is 5.00. The van der Waals surface area contributed by atoms with E-state index in [1.54, 1.807) is 6.07 Å². The van der Waals surface area contributed by atoms with Crippen LogP contribution in [0.25, 0.3) is 0 Å². The van der Waals surface area contributed by atoms with E-state index in [4.69, 9.17) is 16.9 Å². The Bertz CT molecular complexity index is 593. The maximum Gasteiger partial charge on any atom is 0.271 e. The molecule has 0 aromatic heterocycles. The summed E-state index contributed by atoms with van der Waals surface area (Å²) in [7, 11) is -3.92. The van der Waals surface area contributed by atoms with Gasteiger partial charge in [-0.3, -0.25) is 10.1 Å². The maximum absolute atomic E-state index is 11.6. The summed E-state index contributed by atoms with van der Waals surface area (Å²) in [5.41, 5.74) is -0.311. The molecule has 1 aromatic carbocycles. The van der Waals surface area contributed by atoms with Crippen molar-refractivity contribution in [2.24, 2.45) is 0 Å². The highest BCUT2D eigenvalue weighted by Gasteiger charge is 2.19. The molecule has 0 saturated carbocycles. The van der Waals surface area contributed by atoms with Crippen LogP contribution in [0.15, 0.2) is 23.1 Å². The fourth-order valence-corrected chi connectivity index (χ4v) is 2.48. The van der Waals surface area contributed by atoms with Gasteiger partial charge in [-0.2, -0.15) is 9.98 Å². The van der Waals surface area contributed by atoms with Crippen LogP contribution in [-0.2, 0) is 10.0 Å². The third-order valence-corrected chi connectivity index (χ3v) is 3.64. The van der Waals surface area contributed by atoms with Crippen molar-refractivity contribution in [1.82, 2.24) is 4.72 Å². The van der Waals surface area contributed by atoms with Gasteiger partial charge in [-0.1, -0.05) is 11.6 Å². The minimum Gasteiger partial charge on any atom is -0.258 e. The van der Waals surface area contributed by atoms with E-state index < -0.39 is 21.5 Å². The number of nitrogens with one attached hydrogen (secondary N) is 1. The quantitative estimate of drug-likeness (QED) is 0.501. The zero-order valence-corrected chi connectivity index (χ0v) is 9.83. The zero-order chi connectivity index (χ0) is 13.1. The van der Waals surface area contributed by atoms with Crippen molar-refractivity contribution in [1.29, 1.82) is 5.26 Å². The molecule has 9 heteroatoms. The Balaban J connectivity index is 3.17. The van der Waals surface area contributed by atoms with Crippen molar-refractivity contribution in [3.63, 3.8) is 0 Å². The molecule has 0 bridgehead atoms. The lowest BCUT2D eigenvalue weighted by molar-refractivity contribution is -0.384. The Morgan fingerprint density at radius 2 is 2.18 bits per heavy atom. The van der Waals surface area contributed by atoms with Crippen molar-refractivity contribution in [2.45, 2.75) is 4.90 Å². The lowest BCUT2D eigenvalue weighted by Crippen LogP contribution is -2.24. The number of halogens is 1. The Morgan fingerprint density at radius 3 is 2.65 bits per heavy atom. The molecule has 7 nitrogen and oxygen atoms in total. The lowest BCUT2D eigenvalue weighted by atomic mass is 10.3. The molecule has 0 aliphatic heterocycles. The molecule has 0 fully saturated rings. The van der Waals surface area contributed by atoms with Crippen LogP contribution in [-0.4, -0.2) is 19.9 Å². The fraction of sp³-hybridized carbons (Fsp3) is 0.125. The summed E-state index contributed by atoms with van der Waals surface area (Å²) >= 11 is 5.63. The monoisotopic (exact) mass is 275 g/mol. The molecule has 0 aliphatic carbocycles. The van der Waals surface area contributed by atoms with Crippen LogP contribution in [0.1, 0.15) is 0 Å². The predicted octanol–water partition coefficient (Wildman–Crippen LogP) is 1.05. The average molecular weight is 276 g/mol. The molecular weight excluding hydrogens is 270 g/mol. The van der Waals surface area contributed by atoms with Crippen LogP contribution in [0.3, 0.4) is 0 Å². The molecule has 0 atom stereocenters. The van der Waals surface area contributed by atoms with Gasteiger partial charge in [0.1, 0.15) is 4.90 Å². The first-order valence-electron chi connectivity index (χ1n) is 4.19. The van der Waals surface area contributed by atoms with E-state index in [0.717, 1.165) is 18.2 Å². The number of hydrogen-bond acceptors (Lipinski definition) is 5. The number of hydrogen-bond donors (Lipinski definition) is 1. The molecule has 1 N–H and O–H groups in total. The summed E-state index contributed by atoms with van der Waals surface area (Å²) in [5, 5.41) is 18.4. The number of sulfonamides is 1. The van der Waals surface area contributed by atoms with Crippen molar-refractivity contribution >= 4 is 27.3 Å². The average Bonchev–Trinajstić information content (AvgIpc) is 2.25. The van der Waals surface area contributed by atoms with Gasteiger partial charge in [0.15, 0.2) is 0 Å². The SMILES string of the molecule is N#CCNS(=O)(=O)c1ccc([N+](=O)[O-])cc1Cl. The highest BCUT2D eigenvalue weighted by molar-refractivity contribution is 7.89. The van der Waals surface area contributed by atoms with Crippen LogP contribution in [0.5, 0.6) is 0 Å². The molecular formula is C8H6ClN3O4S. The van der Waals surface area contributed by atoms with E-state index >= 15 is 0 Å². The van der Waals surface area contributed by atoms with Gasteiger partial charge in [0.05, 0.1) is 22.6 Å². The van der Waals surface area contributed by atoms with E-state index in [1.165, 1.54) is 0 Å². The van der Waals surface area contributed by atoms with Gasteiger partial charge in [-0.25, -0.2) is 8.42 Å². The Kier molecular flexibility index (Phi) is 4.01. The summed E-state index contributed by atoms with van der Waals surface area (Å²) in [6.07, 6.45) is 0. The van der Waals surface area contributed by atoms with Crippen LogP contribution >= 0.6 is 11.6 Å². The van der Waals surface area contributed by atoms with Crippen molar-refractivity contribution in [3.8, 4) is 6.07 Å². The molecule has 0 aliphatic rings. The van der Waals surface area contributed by atoms with Crippen molar-refractivity contribution in [3.05, 3.63) is 33.3 Å². The molecule has 0 unspecified atom stereocenters. The largest absolute Gasteiger partial charge is 0.271 e. The topological polar surface area (TPSA) is 113 Å². The zero-order valence-electron chi connectivity index (χ0n) is 8.25. The molecule has 0 radical (unpaired) electrons. The van der Waals surface area contributed by atoms with Crippen LogP contribution in [0.4, 0.5) is 5.69 Å². The van der Waals surface area contributed by atoms with Crippen LogP contribution < -0.4 is 4.72 Å². The van der Waals surface area contributed by atoms with Crippen LogP contribution in [0.2, 0.25) is 5.02 Å². The second-order valence-electron chi connectivity index (χ2n) is 2.85. The van der Waals surface area contributed by atoms with Gasteiger partial charge >= 0.3 is 0 Å². The van der Waals surface area contributed by atoms with E-state index in [1.807, 2.05) is 4.72 Å². The van der Waals surface area contributed by atoms with Gasteiger partial charge < -0.3 is 0 Å². The highest BCUT2D eigenvalue weighted by atomic mass is 35.5. The summed E-state index contributed by atoms with van der Waals surface area (Å²) in [6.45, 7) is -0.407. The third kappa shape index (κ3) is 3.13. The Morgan fingerprint density at radius 1 is 1.53 bits per heavy atom. The molecule has 0 heterocycles. The molecule has 1 rings (SSSR count). The second kappa shape index (κ2) is 5.09. The number of nitrogens with zero attached hydrogens (tertiary/aromatic N) is 2. The number of benzene rings is 1. The van der Waals surface area contributed by atoms with E-state index in [9.17, 15) is 18.5 Å². The van der Waals surface area contributed by atoms with Gasteiger partial charge in [-0.15, -0.1) is 0 Å². The number of rotatable bonds is 4. The van der Waals surface area contributed by atoms with Crippen molar-refractivity contribution in [2.75, 3.05) is 6.54 Å². The number of nitro groups is 1. The predicted molar refractivity (Wildman–Crippen MR) is 58.9 cm³/mol. The number of nitro benzene ring substituents is 1. The number of non-ortho nitro benzene ring substituents is 1. The van der Waals surface area contributed by atoms with Gasteiger partial charge in [-0.05, 0) is 6.07 Å². The summed E-state index contributed by atoms with van der Waals surface area (Å²) < 4.78 is 25.1. The Labute approximate surface area is 102 Å². The van der Waals surface area contributed by atoms with Gasteiger partial charge in [0, 0.05) is 12.1 Å². The summed E-state index contributed by atoms with van der Waals surface area (Å²) in [5.74, 6) is 0. The van der Waals surface area contributed by atoms with E-state index in [0.29, 0.717) is 0 Å². The first-order chi connectivity index (χ1) is 7.88. The minimum atomic E-state index is -3.92. The molecule has 90 valence electrons. The number of nitriles is 1. The van der Waals surface area contributed by atoms with Gasteiger partial charge in [0.25, 0.3) is 5.69 Å². The summed E-state index contributed by atoms with van der Waals surface area (Å²) in [6, 6.07) is 4.57. The summed E-state index contributed by atoms with van der Waals surface area (Å²) in [4.78, 5) is 9.43. The van der Waals surface area contributed by atoms with E-state index in [2.05, 4.69) is 0 Å². The molecule has 0 amide bonds. The minimum absolute atomic E-state index is 0.273. The smallest absolute Gasteiger partial charge is 0.258 e. The van der Waals surface area contributed by atoms with Crippen molar-refractivity contribution < 1.29 is 13.3 Å².